The number of nitrogens with two attached hydrogens (primary N) is 1. The van der Waals surface area contributed by atoms with Crippen LogP contribution in [0.3, 0.4) is 0 Å². The zero-order valence-corrected chi connectivity index (χ0v) is 16.8. The highest BCUT2D eigenvalue weighted by atomic mass is 32.2. The number of hydrogen-bond acceptors (Lipinski definition) is 7. The molecule has 3 N–H and O–H groups in total. The number of carbonyl (C=O) groups excluding carboxylic acids is 3. The second kappa shape index (κ2) is 9.09. The number of esters is 1. The number of rotatable bonds is 6. The molecule has 0 bridgehead atoms. The Morgan fingerprint density at radius 2 is 1.77 bits per heavy atom. The molecular weight excluding hydrogens is 414 g/mol. The summed E-state index contributed by atoms with van der Waals surface area (Å²) in [6.45, 7) is 0.199. The maximum Gasteiger partial charge on any atom is 0.374 e. The summed E-state index contributed by atoms with van der Waals surface area (Å²) in [6, 6.07) is 11.2. The van der Waals surface area contributed by atoms with E-state index < -0.39 is 33.6 Å². The lowest BCUT2D eigenvalue weighted by Gasteiger charge is -2.31. The number of nitrogens with one attached hydrogen (secondary N) is 1. The number of nitrogens with zero attached hydrogens (tertiary/aromatic N) is 1. The van der Waals surface area contributed by atoms with Gasteiger partial charge in [-0.15, -0.1) is 0 Å². The smallest absolute Gasteiger partial charge is 0.374 e. The van der Waals surface area contributed by atoms with Crippen LogP contribution in [0, 0.1) is 5.92 Å². The molecule has 1 fully saturated rings. The van der Waals surface area contributed by atoms with Crippen molar-refractivity contribution in [3.63, 3.8) is 0 Å². The Kier molecular flexibility index (Phi) is 6.53. The third kappa shape index (κ3) is 5.45. The molecule has 1 saturated heterocycles. The number of amides is 2. The van der Waals surface area contributed by atoms with Crippen LogP contribution in [0.5, 0.6) is 0 Å². The van der Waals surface area contributed by atoms with Gasteiger partial charge in [0.1, 0.15) is 0 Å². The van der Waals surface area contributed by atoms with E-state index in [1.807, 2.05) is 18.2 Å². The molecule has 0 radical (unpaired) electrons. The summed E-state index contributed by atoms with van der Waals surface area (Å²) in [6.07, 6.45) is 0.989. The van der Waals surface area contributed by atoms with Gasteiger partial charge in [0.05, 0.1) is 0 Å². The van der Waals surface area contributed by atoms with Crippen LogP contribution in [-0.2, 0) is 24.3 Å². The maximum atomic E-state index is 12.3. The lowest BCUT2D eigenvalue weighted by atomic mass is 9.95. The molecule has 30 heavy (non-hydrogen) atoms. The molecule has 0 spiro atoms. The quantitative estimate of drug-likeness (QED) is 0.642. The number of ether oxygens (including phenoxy) is 1. The SMILES string of the molecule is NS(=O)(=O)c1ccc(C(=O)OCC(=O)N2CCC(C(=O)Nc3ccccc3)CC2)o1. The van der Waals surface area contributed by atoms with Gasteiger partial charge in [-0.3, -0.25) is 9.59 Å². The largest absolute Gasteiger partial charge is 0.450 e. The first-order valence-corrected chi connectivity index (χ1v) is 10.7. The minimum atomic E-state index is -4.08. The summed E-state index contributed by atoms with van der Waals surface area (Å²) < 4.78 is 32.0. The van der Waals surface area contributed by atoms with E-state index in [9.17, 15) is 22.8 Å². The first kappa shape index (κ1) is 21.5. The van der Waals surface area contributed by atoms with Gasteiger partial charge in [-0.1, -0.05) is 18.2 Å². The lowest BCUT2D eigenvalue weighted by molar-refractivity contribution is -0.137. The van der Waals surface area contributed by atoms with Crippen molar-refractivity contribution in [1.82, 2.24) is 4.90 Å². The Balaban J connectivity index is 1.44. The number of piperidine rings is 1. The van der Waals surface area contributed by atoms with Crippen LogP contribution >= 0.6 is 0 Å². The van der Waals surface area contributed by atoms with Crippen molar-refractivity contribution in [1.29, 1.82) is 0 Å². The number of furan rings is 1. The van der Waals surface area contributed by atoms with Crippen LogP contribution in [0.15, 0.2) is 52.0 Å². The molecule has 1 aromatic heterocycles. The fourth-order valence-electron chi connectivity index (χ4n) is 3.03. The predicted octanol–water partition coefficient (Wildman–Crippen LogP) is 0.961. The van der Waals surface area contributed by atoms with Crippen molar-refractivity contribution in [2.45, 2.75) is 17.9 Å². The van der Waals surface area contributed by atoms with Gasteiger partial charge in [0.25, 0.3) is 15.9 Å². The number of sulfonamides is 1. The Morgan fingerprint density at radius 1 is 1.10 bits per heavy atom. The normalized spacial score (nSPS) is 14.9. The molecular formula is C19H21N3O7S. The van der Waals surface area contributed by atoms with Crippen molar-refractivity contribution >= 4 is 33.5 Å². The fourth-order valence-corrected chi connectivity index (χ4v) is 3.49. The second-order valence-corrected chi connectivity index (χ2v) is 8.24. The Bertz CT molecular complexity index is 1030. The molecule has 1 aromatic carbocycles. The van der Waals surface area contributed by atoms with E-state index in [-0.39, 0.29) is 17.6 Å². The number of para-hydroxylation sites is 1. The van der Waals surface area contributed by atoms with E-state index in [1.54, 1.807) is 12.1 Å². The maximum absolute atomic E-state index is 12.3. The number of carbonyl (C=O) groups is 3. The topological polar surface area (TPSA) is 149 Å². The van der Waals surface area contributed by atoms with Crippen LogP contribution in [0.2, 0.25) is 0 Å². The lowest BCUT2D eigenvalue weighted by Crippen LogP contribution is -2.43. The van der Waals surface area contributed by atoms with Crippen LogP contribution < -0.4 is 10.5 Å². The molecule has 2 amide bonds. The summed E-state index contributed by atoms with van der Waals surface area (Å²) >= 11 is 0. The van der Waals surface area contributed by atoms with Gasteiger partial charge in [-0.25, -0.2) is 18.4 Å². The highest BCUT2D eigenvalue weighted by Crippen LogP contribution is 2.20. The van der Waals surface area contributed by atoms with E-state index in [0.29, 0.717) is 25.9 Å². The van der Waals surface area contributed by atoms with Crippen molar-refractivity contribution < 1.29 is 32.0 Å². The highest BCUT2D eigenvalue weighted by molar-refractivity contribution is 7.89. The highest BCUT2D eigenvalue weighted by Gasteiger charge is 2.28. The molecule has 1 aliphatic rings. The summed E-state index contributed by atoms with van der Waals surface area (Å²) in [4.78, 5) is 38.0. The van der Waals surface area contributed by atoms with Gasteiger partial charge in [0.15, 0.2) is 6.61 Å². The summed E-state index contributed by atoms with van der Waals surface area (Å²) in [7, 11) is -4.08. The zero-order chi connectivity index (χ0) is 21.7. The van der Waals surface area contributed by atoms with Gasteiger partial charge in [0.2, 0.25) is 16.8 Å². The summed E-state index contributed by atoms with van der Waals surface area (Å²) in [5, 5.41) is 7.18. The summed E-state index contributed by atoms with van der Waals surface area (Å²) in [5.74, 6) is -2.07. The minimum absolute atomic E-state index is 0.0943. The second-order valence-electron chi connectivity index (χ2n) is 6.75. The summed E-state index contributed by atoms with van der Waals surface area (Å²) in [5.41, 5.74) is 0.719. The van der Waals surface area contributed by atoms with Gasteiger partial charge in [-0.05, 0) is 37.1 Å². The van der Waals surface area contributed by atoms with Crippen molar-refractivity contribution in [2.75, 3.05) is 25.0 Å². The molecule has 2 heterocycles. The van der Waals surface area contributed by atoms with Crippen LogP contribution in [-0.4, -0.2) is 50.8 Å². The molecule has 0 aliphatic carbocycles. The molecule has 160 valence electrons. The van der Waals surface area contributed by atoms with Crippen LogP contribution in [0.1, 0.15) is 23.4 Å². The molecule has 3 rings (SSSR count). The van der Waals surface area contributed by atoms with Gasteiger partial charge in [-0.2, -0.15) is 0 Å². The van der Waals surface area contributed by atoms with E-state index in [1.165, 1.54) is 4.90 Å². The zero-order valence-electron chi connectivity index (χ0n) is 15.9. The van der Waals surface area contributed by atoms with E-state index >= 15 is 0 Å². The monoisotopic (exact) mass is 435 g/mol. The molecule has 0 atom stereocenters. The fraction of sp³-hybridized carbons (Fsp3) is 0.316. The molecule has 10 nitrogen and oxygen atoms in total. The number of anilines is 1. The third-order valence-electron chi connectivity index (χ3n) is 4.65. The van der Waals surface area contributed by atoms with Crippen LogP contribution in [0.25, 0.3) is 0 Å². The minimum Gasteiger partial charge on any atom is -0.450 e. The van der Waals surface area contributed by atoms with E-state index in [4.69, 9.17) is 14.3 Å². The van der Waals surface area contributed by atoms with E-state index in [0.717, 1.165) is 17.8 Å². The number of hydrogen-bond donors (Lipinski definition) is 2. The van der Waals surface area contributed by atoms with E-state index in [2.05, 4.69) is 5.32 Å². The molecule has 11 heteroatoms. The average molecular weight is 435 g/mol. The number of benzene rings is 1. The van der Waals surface area contributed by atoms with Crippen molar-refractivity contribution in [2.24, 2.45) is 11.1 Å². The van der Waals surface area contributed by atoms with Gasteiger partial charge < -0.3 is 19.4 Å². The Labute approximate surface area is 173 Å². The van der Waals surface area contributed by atoms with Crippen molar-refractivity contribution in [3.8, 4) is 0 Å². The molecule has 2 aromatic rings. The molecule has 1 aliphatic heterocycles. The Hall–Kier alpha value is -3.18. The third-order valence-corrected chi connectivity index (χ3v) is 5.43. The first-order valence-electron chi connectivity index (χ1n) is 9.17. The van der Waals surface area contributed by atoms with Crippen LogP contribution in [0.4, 0.5) is 5.69 Å². The Morgan fingerprint density at radius 3 is 2.37 bits per heavy atom. The van der Waals surface area contributed by atoms with Gasteiger partial charge in [0, 0.05) is 24.7 Å². The predicted molar refractivity (Wildman–Crippen MR) is 105 cm³/mol. The standard InChI is InChI=1S/C19H21N3O7S/c20-30(26,27)17-7-6-15(29-17)19(25)28-12-16(23)22-10-8-13(9-11-22)18(24)21-14-4-2-1-3-5-14/h1-7,13H,8-12H2,(H,21,24)(H2,20,26,27). The molecule has 0 unspecified atom stereocenters. The average Bonchev–Trinajstić information content (AvgIpc) is 3.23. The van der Waals surface area contributed by atoms with Crippen molar-refractivity contribution in [3.05, 3.63) is 48.2 Å². The number of primary sulfonamides is 1. The molecule has 0 saturated carbocycles. The van der Waals surface area contributed by atoms with Gasteiger partial charge >= 0.3 is 5.97 Å². The number of likely N-dealkylation sites (tertiary alicyclic amines) is 1. The first-order chi connectivity index (χ1) is 14.2.